The number of aromatic nitrogens is 1. The summed E-state index contributed by atoms with van der Waals surface area (Å²) in [5, 5.41) is 4.38. The summed E-state index contributed by atoms with van der Waals surface area (Å²) in [5.41, 5.74) is 6.32. The first-order valence-corrected chi connectivity index (χ1v) is 12.3. The molecule has 6 heteroatoms. The van der Waals surface area contributed by atoms with Gasteiger partial charge >= 0.3 is 0 Å². The Labute approximate surface area is 208 Å². The van der Waals surface area contributed by atoms with Gasteiger partial charge in [-0.2, -0.15) is 0 Å². The molecule has 0 unspecified atom stereocenters. The molecule has 5 rings (SSSR count). The molecular formula is C29H24N2O3S. The number of amides is 1. The first-order chi connectivity index (χ1) is 16.7. The Morgan fingerprint density at radius 1 is 0.829 bits per heavy atom. The van der Waals surface area contributed by atoms with Crippen molar-refractivity contribution in [2.75, 3.05) is 5.32 Å². The van der Waals surface area contributed by atoms with Gasteiger partial charge in [-0.1, -0.05) is 47.7 Å². The van der Waals surface area contributed by atoms with E-state index in [-0.39, 0.29) is 17.5 Å². The van der Waals surface area contributed by atoms with E-state index in [1.54, 1.807) is 42.5 Å². The van der Waals surface area contributed by atoms with Crippen LogP contribution in [-0.2, 0) is 4.79 Å². The summed E-state index contributed by atoms with van der Waals surface area (Å²) in [6, 6.07) is 17.9. The van der Waals surface area contributed by atoms with Crippen molar-refractivity contribution < 1.29 is 14.4 Å². The van der Waals surface area contributed by atoms with Gasteiger partial charge in [0, 0.05) is 33.3 Å². The van der Waals surface area contributed by atoms with Crippen LogP contribution in [0.3, 0.4) is 0 Å². The average Bonchev–Trinajstić information content (AvgIpc) is 2.83. The number of hydrogen-bond donors (Lipinski definition) is 1. The number of anilines is 1. The number of ketones is 2. The zero-order chi connectivity index (χ0) is 24.9. The molecule has 0 radical (unpaired) electrons. The minimum atomic E-state index is -0.417. The first kappa shape index (κ1) is 23.0. The third kappa shape index (κ3) is 4.15. The van der Waals surface area contributed by atoms with E-state index in [1.165, 1.54) is 17.3 Å². The van der Waals surface area contributed by atoms with Crippen molar-refractivity contribution in [3.05, 3.63) is 99.6 Å². The Balaban J connectivity index is 1.36. The van der Waals surface area contributed by atoms with Gasteiger partial charge in [0.25, 0.3) is 0 Å². The van der Waals surface area contributed by atoms with Crippen molar-refractivity contribution in [3.63, 3.8) is 0 Å². The fraction of sp³-hybridized carbons (Fsp3) is 0.172. The highest BCUT2D eigenvalue weighted by Gasteiger charge is 2.29. The third-order valence-corrected chi connectivity index (χ3v) is 7.31. The number of carbonyl (C=O) groups excluding carboxylic acids is 3. The van der Waals surface area contributed by atoms with Crippen LogP contribution in [0.25, 0.3) is 10.9 Å². The quantitative estimate of drug-likeness (QED) is 0.317. The second-order valence-electron chi connectivity index (χ2n) is 8.97. The van der Waals surface area contributed by atoms with Gasteiger partial charge in [0.15, 0.2) is 11.6 Å². The molecular weight excluding hydrogens is 456 g/mol. The summed E-state index contributed by atoms with van der Waals surface area (Å²) < 4.78 is 0. The second-order valence-corrected chi connectivity index (χ2v) is 10.3. The maximum absolute atomic E-state index is 13.0. The molecule has 1 heterocycles. The van der Waals surface area contributed by atoms with Crippen LogP contribution in [0.5, 0.6) is 0 Å². The maximum Gasteiger partial charge on any atom is 0.237 e. The zero-order valence-corrected chi connectivity index (χ0v) is 20.7. The van der Waals surface area contributed by atoms with Crippen LogP contribution in [0.15, 0.2) is 65.7 Å². The normalized spacial score (nSPS) is 13.4. The van der Waals surface area contributed by atoms with Crippen LogP contribution in [0.2, 0.25) is 0 Å². The molecule has 1 amide bonds. The Morgan fingerprint density at radius 2 is 1.49 bits per heavy atom. The summed E-state index contributed by atoms with van der Waals surface area (Å²) in [7, 11) is 0. The molecule has 1 aliphatic carbocycles. The van der Waals surface area contributed by atoms with Crippen LogP contribution in [0.1, 0.15) is 55.5 Å². The number of rotatable bonds is 4. The summed E-state index contributed by atoms with van der Waals surface area (Å²) >= 11 is 1.39. The molecule has 1 N–H and O–H groups in total. The van der Waals surface area contributed by atoms with E-state index in [2.05, 4.69) is 31.3 Å². The van der Waals surface area contributed by atoms with Gasteiger partial charge in [0.05, 0.1) is 15.8 Å². The largest absolute Gasteiger partial charge is 0.325 e. The number of benzene rings is 3. The van der Waals surface area contributed by atoms with Crippen molar-refractivity contribution in [3.8, 4) is 0 Å². The molecule has 35 heavy (non-hydrogen) atoms. The predicted molar refractivity (Wildman–Crippen MR) is 140 cm³/mol. The molecule has 0 saturated carbocycles. The highest BCUT2D eigenvalue weighted by Crippen LogP contribution is 2.31. The van der Waals surface area contributed by atoms with Crippen molar-refractivity contribution in [1.82, 2.24) is 4.98 Å². The number of carbonyl (C=O) groups is 3. The molecule has 1 aliphatic rings. The van der Waals surface area contributed by atoms with Gasteiger partial charge in [0.2, 0.25) is 5.91 Å². The number of fused-ring (bicyclic) bond motifs is 3. The van der Waals surface area contributed by atoms with Crippen LogP contribution < -0.4 is 5.32 Å². The fourth-order valence-electron chi connectivity index (χ4n) is 4.53. The molecule has 4 aromatic rings. The summed E-state index contributed by atoms with van der Waals surface area (Å²) in [5.74, 6) is -0.597. The minimum absolute atomic E-state index is 0.180. The molecule has 0 fully saturated rings. The van der Waals surface area contributed by atoms with Crippen molar-refractivity contribution in [2.24, 2.45) is 0 Å². The van der Waals surface area contributed by atoms with E-state index in [4.69, 9.17) is 4.98 Å². The van der Waals surface area contributed by atoms with Gasteiger partial charge in [-0.25, -0.2) is 4.98 Å². The van der Waals surface area contributed by atoms with Crippen molar-refractivity contribution >= 4 is 45.8 Å². The number of hydrogen-bond acceptors (Lipinski definition) is 5. The zero-order valence-electron chi connectivity index (χ0n) is 19.9. The SMILES string of the molecule is Cc1cc(C)c2nc(S[C@@H](C)C(=O)Nc3ccc4c(c3)C(=O)c3ccccc3C4=O)cc(C)c2c1. The van der Waals surface area contributed by atoms with Gasteiger partial charge in [-0.15, -0.1) is 0 Å². The second kappa shape index (κ2) is 8.78. The molecule has 0 spiro atoms. The van der Waals surface area contributed by atoms with E-state index in [1.807, 2.05) is 19.9 Å². The molecule has 0 bridgehead atoms. The number of pyridine rings is 1. The molecule has 5 nitrogen and oxygen atoms in total. The molecule has 174 valence electrons. The summed E-state index contributed by atoms with van der Waals surface area (Å²) in [6.45, 7) is 8.00. The molecule has 1 atom stereocenters. The topological polar surface area (TPSA) is 76.1 Å². The predicted octanol–water partition coefficient (Wildman–Crippen LogP) is 6.05. The third-order valence-electron chi connectivity index (χ3n) is 6.29. The summed E-state index contributed by atoms with van der Waals surface area (Å²) in [4.78, 5) is 43.6. The highest BCUT2D eigenvalue weighted by atomic mass is 32.2. The van der Waals surface area contributed by atoms with Crippen LogP contribution >= 0.6 is 11.8 Å². The monoisotopic (exact) mass is 480 g/mol. The van der Waals surface area contributed by atoms with Crippen molar-refractivity contribution in [1.29, 1.82) is 0 Å². The molecule has 0 saturated heterocycles. The lowest BCUT2D eigenvalue weighted by Crippen LogP contribution is -2.24. The Bertz CT molecular complexity index is 1560. The van der Waals surface area contributed by atoms with Gasteiger partial charge < -0.3 is 5.32 Å². The molecule has 3 aromatic carbocycles. The molecule has 1 aromatic heterocycles. The lowest BCUT2D eigenvalue weighted by atomic mass is 9.84. The lowest BCUT2D eigenvalue weighted by molar-refractivity contribution is -0.115. The van der Waals surface area contributed by atoms with E-state index >= 15 is 0 Å². The van der Waals surface area contributed by atoms with Gasteiger partial charge in [0.1, 0.15) is 0 Å². The van der Waals surface area contributed by atoms with E-state index < -0.39 is 5.25 Å². The number of nitrogens with zero attached hydrogens (tertiary/aromatic N) is 1. The Hall–Kier alpha value is -3.77. The van der Waals surface area contributed by atoms with Gasteiger partial charge in [-0.3, -0.25) is 14.4 Å². The van der Waals surface area contributed by atoms with Crippen LogP contribution in [-0.4, -0.2) is 27.7 Å². The first-order valence-electron chi connectivity index (χ1n) is 11.4. The minimum Gasteiger partial charge on any atom is -0.325 e. The van der Waals surface area contributed by atoms with E-state index in [0.717, 1.165) is 27.1 Å². The number of aryl methyl sites for hydroxylation is 3. The van der Waals surface area contributed by atoms with E-state index in [9.17, 15) is 14.4 Å². The van der Waals surface area contributed by atoms with Crippen LogP contribution in [0, 0.1) is 20.8 Å². The van der Waals surface area contributed by atoms with Gasteiger partial charge in [-0.05, 0) is 69.2 Å². The number of thioether (sulfide) groups is 1. The molecule has 0 aliphatic heterocycles. The Morgan fingerprint density at radius 3 is 2.20 bits per heavy atom. The lowest BCUT2D eigenvalue weighted by Gasteiger charge is -2.19. The van der Waals surface area contributed by atoms with Crippen LogP contribution in [0.4, 0.5) is 5.69 Å². The standard InChI is InChI=1S/C29H24N2O3S/c1-15-11-17(3)26-23(12-15)16(2)13-25(31-26)35-18(4)29(34)30-19-9-10-22-24(14-19)28(33)21-8-6-5-7-20(21)27(22)32/h5-14,18H,1-4H3,(H,30,34)/t18-/m0/s1. The Kier molecular flexibility index (Phi) is 5.77. The maximum atomic E-state index is 13.0. The fourth-order valence-corrected chi connectivity index (χ4v) is 5.45. The van der Waals surface area contributed by atoms with Crippen molar-refractivity contribution in [2.45, 2.75) is 38.0 Å². The smallest absolute Gasteiger partial charge is 0.237 e. The highest BCUT2D eigenvalue weighted by molar-refractivity contribution is 8.00. The van der Waals surface area contributed by atoms with E-state index in [0.29, 0.717) is 27.9 Å². The summed E-state index contributed by atoms with van der Waals surface area (Å²) in [6.07, 6.45) is 0. The average molecular weight is 481 g/mol. The number of nitrogens with one attached hydrogen (secondary N) is 1.